The van der Waals surface area contributed by atoms with Gasteiger partial charge in [-0.15, -0.1) is 0 Å². The highest BCUT2D eigenvalue weighted by molar-refractivity contribution is 5.76. The van der Waals surface area contributed by atoms with Crippen LogP contribution in [0.5, 0.6) is 0 Å². The molecule has 1 aliphatic heterocycles. The Morgan fingerprint density at radius 2 is 2.00 bits per heavy atom. The number of carbonyl (C=O) groups excluding carboxylic acids is 1. The Morgan fingerprint density at radius 3 is 2.36 bits per heavy atom. The van der Waals surface area contributed by atoms with Crippen LogP contribution in [0.15, 0.2) is 0 Å². The fourth-order valence-electron chi connectivity index (χ4n) is 1.64. The average molecular weight is 199 g/mol. The summed E-state index contributed by atoms with van der Waals surface area (Å²) in [6.07, 6.45) is 0.863. The molecule has 82 valence electrons. The number of rotatable bonds is 1. The Morgan fingerprint density at radius 1 is 1.43 bits per heavy atom. The Kier molecular flexibility index (Phi) is 2.91. The second kappa shape index (κ2) is 3.54. The van der Waals surface area contributed by atoms with Crippen molar-refractivity contribution in [2.75, 3.05) is 6.54 Å². The Bertz CT molecular complexity index is 228. The lowest BCUT2D eigenvalue weighted by atomic mass is 9.91. The van der Waals surface area contributed by atoms with Crippen molar-refractivity contribution >= 4 is 5.97 Å². The fraction of sp³-hybridized carbons (Fsp3) is 0.909. The van der Waals surface area contributed by atoms with Gasteiger partial charge in [0.15, 0.2) is 0 Å². The molecule has 0 aromatic heterocycles. The lowest BCUT2D eigenvalue weighted by Crippen LogP contribution is -2.37. The molecule has 1 heterocycles. The van der Waals surface area contributed by atoms with E-state index in [4.69, 9.17) is 4.74 Å². The van der Waals surface area contributed by atoms with E-state index in [1.165, 1.54) is 0 Å². The first kappa shape index (κ1) is 11.5. The number of ether oxygens (including phenoxy) is 1. The van der Waals surface area contributed by atoms with Crippen molar-refractivity contribution in [1.29, 1.82) is 0 Å². The highest BCUT2D eigenvalue weighted by Crippen LogP contribution is 2.28. The summed E-state index contributed by atoms with van der Waals surface area (Å²) in [4.78, 5) is 11.7. The third-order valence-electron chi connectivity index (χ3n) is 2.28. The minimum Gasteiger partial charge on any atom is -0.459 e. The maximum absolute atomic E-state index is 11.7. The molecule has 1 N–H and O–H groups in total. The first-order valence-corrected chi connectivity index (χ1v) is 5.16. The predicted molar refractivity (Wildman–Crippen MR) is 56.0 cm³/mol. The van der Waals surface area contributed by atoms with Crippen LogP contribution in [0, 0.1) is 5.41 Å². The molecule has 3 nitrogen and oxygen atoms in total. The Hall–Kier alpha value is -0.570. The minimum atomic E-state index is -0.383. The zero-order valence-corrected chi connectivity index (χ0v) is 9.81. The van der Waals surface area contributed by atoms with E-state index in [0.717, 1.165) is 13.0 Å². The van der Waals surface area contributed by atoms with E-state index in [-0.39, 0.29) is 23.0 Å². The number of esters is 1. The minimum absolute atomic E-state index is 0.121. The van der Waals surface area contributed by atoms with E-state index in [0.29, 0.717) is 0 Å². The van der Waals surface area contributed by atoms with Crippen LogP contribution in [0.2, 0.25) is 0 Å². The standard InChI is InChI=1S/C11H21NO2/c1-10(2,3)14-9(13)8-6-11(4,5)7-12-8/h8,12H,6-7H2,1-5H3. The molecule has 0 aromatic carbocycles. The molecule has 0 radical (unpaired) electrons. The third kappa shape index (κ3) is 3.29. The van der Waals surface area contributed by atoms with Crippen molar-refractivity contribution in [3.63, 3.8) is 0 Å². The van der Waals surface area contributed by atoms with Crippen LogP contribution in [0.4, 0.5) is 0 Å². The quantitative estimate of drug-likeness (QED) is 0.653. The highest BCUT2D eigenvalue weighted by Gasteiger charge is 2.36. The summed E-state index contributed by atoms with van der Waals surface area (Å²) in [5, 5.41) is 3.19. The molecule has 1 aliphatic rings. The van der Waals surface area contributed by atoms with Gasteiger partial charge in [0, 0.05) is 6.54 Å². The van der Waals surface area contributed by atoms with E-state index in [2.05, 4.69) is 19.2 Å². The average Bonchev–Trinajstić information content (AvgIpc) is 2.26. The lowest BCUT2D eigenvalue weighted by Gasteiger charge is -2.22. The summed E-state index contributed by atoms with van der Waals surface area (Å²) in [5.41, 5.74) is -0.174. The van der Waals surface area contributed by atoms with Crippen LogP contribution in [-0.4, -0.2) is 24.2 Å². The van der Waals surface area contributed by atoms with Crippen LogP contribution in [-0.2, 0) is 9.53 Å². The number of nitrogens with one attached hydrogen (secondary N) is 1. The van der Waals surface area contributed by atoms with Gasteiger partial charge in [-0.1, -0.05) is 13.8 Å². The maximum Gasteiger partial charge on any atom is 0.323 e. The fourth-order valence-corrected chi connectivity index (χ4v) is 1.64. The van der Waals surface area contributed by atoms with E-state index in [1.54, 1.807) is 0 Å². The molecule has 0 bridgehead atoms. The van der Waals surface area contributed by atoms with Gasteiger partial charge in [0.2, 0.25) is 0 Å². The molecule has 1 saturated heterocycles. The van der Waals surface area contributed by atoms with Crippen molar-refractivity contribution in [3.05, 3.63) is 0 Å². The van der Waals surface area contributed by atoms with E-state index >= 15 is 0 Å². The zero-order valence-electron chi connectivity index (χ0n) is 9.81. The maximum atomic E-state index is 11.7. The summed E-state index contributed by atoms with van der Waals surface area (Å²) in [5.74, 6) is -0.122. The van der Waals surface area contributed by atoms with E-state index in [1.807, 2.05) is 20.8 Å². The Labute approximate surface area is 86.2 Å². The van der Waals surface area contributed by atoms with Gasteiger partial charge in [-0.25, -0.2) is 0 Å². The van der Waals surface area contributed by atoms with Gasteiger partial charge in [-0.05, 0) is 32.6 Å². The number of hydrogen-bond donors (Lipinski definition) is 1. The van der Waals surface area contributed by atoms with E-state index < -0.39 is 0 Å². The summed E-state index contributed by atoms with van der Waals surface area (Å²) < 4.78 is 5.31. The van der Waals surface area contributed by atoms with Gasteiger partial charge in [0.25, 0.3) is 0 Å². The lowest BCUT2D eigenvalue weighted by molar-refractivity contribution is -0.157. The monoisotopic (exact) mass is 199 g/mol. The second-order valence-electron chi connectivity index (χ2n) is 5.84. The predicted octanol–water partition coefficient (Wildman–Crippen LogP) is 1.72. The molecular weight excluding hydrogens is 178 g/mol. The first-order chi connectivity index (χ1) is 6.20. The van der Waals surface area contributed by atoms with Gasteiger partial charge < -0.3 is 10.1 Å². The van der Waals surface area contributed by atoms with Crippen molar-refractivity contribution in [3.8, 4) is 0 Å². The van der Waals surface area contributed by atoms with Gasteiger partial charge in [-0.2, -0.15) is 0 Å². The topological polar surface area (TPSA) is 38.3 Å². The van der Waals surface area contributed by atoms with Gasteiger partial charge >= 0.3 is 5.97 Å². The molecular formula is C11H21NO2. The molecule has 3 heteroatoms. The molecule has 1 unspecified atom stereocenters. The van der Waals surface area contributed by atoms with Crippen molar-refractivity contribution in [2.24, 2.45) is 5.41 Å². The summed E-state index contributed by atoms with van der Waals surface area (Å²) in [7, 11) is 0. The molecule has 0 aliphatic carbocycles. The highest BCUT2D eigenvalue weighted by atomic mass is 16.6. The van der Waals surface area contributed by atoms with Gasteiger partial charge in [0.05, 0.1) is 0 Å². The molecule has 1 atom stereocenters. The van der Waals surface area contributed by atoms with Crippen LogP contribution >= 0.6 is 0 Å². The third-order valence-corrected chi connectivity index (χ3v) is 2.28. The second-order valence-corrected chi connectivity index (χ2v) is 5.84. The van der Waals surface area contributed by atoms with Crippen LogP contribution < -0.4 is 5.32 Å². The first-order valence-electron chi connectivity index (χ1n) is 5.16. The molecule has 0 aromatic rings. The van der Waals surface area contributed by atoms with Crippen LogP contribution in [0.3, 0.4) is 0 Å². The van der Waals surface area contributed by atoms with Gasteiger partial charge in [0.1, 0.15) is 11.6 Å². The summed E-state index contributed by atoms with van der Waals surface area (Å²) >= 11 is 0. The zero-order chi connectivity index (χ0) is 11.0. The molecule has 1 rings (SSSR count). The normalized spacial score (nSPS) is 26.2. The molecule has 0 spiro atoms. The SMILES string of the molecule is CC1(C)CNC(C(=O)OC(C)(C)C)C1. The van der Waals surface area contributed by atoms with Crippen LogP contribution in [0.25, 0.3) is 0 Å². The number of carbonyl (C=O) groups is 1. The summed E-state index contributed by atoms with van der Waals surface area (Å²) in [6, 6.07) is -0.121. The van der Waals surface area contributed by atoms with Crippen molar-refractivity contribution in [1.82, 2.24) is 5.32 Å². The smallest absolute Gasteiger partial charge is 0.323 e. The molecule has 0 saturated carbocycles. The molecule has 0 amide bonds. The number of hydrogen-bond acceptors (Lipinski definition) is 3. The molecule has 1 fully saturated rings. The van der Waals surface area contributed by atoms with E-state index in [9.17, 15) is 4.79 Å². The van der Waals surface area contributed by atoms with Gasteiger partial charge in [-0.3, -0.25) is 4.79 Å². The van der Waals surface area contributed by atoms with Crippen LogP contribution in [0.1, 0.15) is 41.0 Å². The Balaban J connectivity index is 2.48. The van der Waals surface area contributed by atoms with Crippen molar-refractivity contribution < 1.29 is 9.53 Å². The summed E-state index contributed by atoms with van der Waals surface area (Å²) in [6.45, 7) is 10.9. The largest absolute Gasteiger partial charge is 0.459 e. The van der Waals surface area contributed by atoms with Crippen molar-refractivity contribution in [2.45, 2.75) is 52.7 Å². The molecule has 14 heavy (non-hydrogen) atoms.